The maximum absolute atomic E-state index is 13.8. The summed E-state index contributed by atoms with van der Waals surface area (Å²) >= 11 is 5.39. The van der Waals surface area contributed by atoms with E-state index in [0.29, 0.717) is 32.4 Å². The normalized spacial score (nSPS) is 30.7. The zero-order chi connectivity index (χ0) is 25.4. The van der Waals surface area contributed by atoms with E-state index in [1.54, 1.807) is 21.3 Å². The number of aromatic nitrogens is 3. The molecule has 2 aromatic rings. The fraction of sp³-hybridized carbons (Fsp3) is 0.625. The van der Waals surface area contributed by atoms with Crippen molar-refractivity contribution < 1.29 is 19.5 Å². The first kappa shape index (κ1) is 25.5. The summed E-state index contributed by atoms with van der Waals surface area (Å²) < 4.78 is 0.945. The number of thioether (sulfide) groups is 1. The van der Waals surface area contributed by atoms with E-state index < -0.39 is 22.6 Å². The van der Waals surface area contributed by atoms with Crippen LogP contribution in [-0.4, -0.2) is 83.3 Å². The molecule has 3 unspecified atom stereocenters. The third-order valence-corrected chi connectivity index (χ3v) is 10.7. The molecule has 12 heteroatoms. The van der Waals surface area contributed by atoms with Gasteiger partial charge in [-0.05, 0) is 37.8 Å². The molecule has 3 saturated heterocycles. The fourth-order valence-corrected chi connectivity index (χ4v) is 9.63. The molecule has 2 bridgehead atoms. The molecule has 6 atom stereocenters. The van der Waals surface area contributed by atoms with E-state index in [1.165, 1.54) is 0 Å². The van der Waals surface area contributed by atoms with Gasteiger partial charge >= 0.3 is 0 Å². The smallest absolute Gasteiger partial charge is 0.245 e. The Morgan fingerprint density at radius 1 is 1.25 bits per heavy atom. The minimum Gasteiger partial charge on any atom is -0.396 e. The molecule has 1 aromatic heterocycles. The summed E-state index contributed by atoms with van der Waals surface area (Å²) in [5.41, 5.74) is 1.54. The summed E-state index contributed by atoms with van der Waals surface area (Å²) in [6.45, 7) is 3.07. The molecule has 3 amide bonds. The average molecular weight is 580 g/mol. The van der Waals surface area contributed by atoms with Gasteiger partial charge in [0.25, 0.3) is 0 Å². The van der Waals surface area contributed by atoms with Crippen LogP contribution in [0.3, 0.4) is 0 Å². The van der Waals surface area contributed by atoms with Crippen molar-refractivity contribution in [2.24, 2.45) is 11.8 Å². The van der Waals surface area contributed by atoms with Gasteiger partial charge in [0.1, 0.15) is 18.2 Å². The molecule has 1 spiro atoms. The van der Waals surface area contributed by atoms with Crippen LogP contribution in [0.4, 0.5) is 0 Å². The van der Waals surface area contributed by atoms with Crippen molar-refractivity contribution >= 4 is 56.4 Å². The number of para-hydroxylation sites is 1. The van der Waals surface area contributed by atoms with E-state index >= 15 is 0 Å². The molecule has 36 heavy (non-hydrogen) atoms. The minimum absolute atomic E-state index is 0.0230. The Balaban J connectivity index is 1.43. The largest absolute Gasteiger partial charge is 0.396 e. The summed E-state index contributed by atoms with van der Waals surface area (Å²) in [5.74, 6) is -1.52. The van der Waals surface area contributed by atoms with E-state index in [-0.39, 0.29) is 41.1 Å². The maximum Gasteiger partial charge on any atom is 0.245 e. The van der Waals surface area contributed by atoms with Crippen LogP contribution in [0.15, 0.2) is 24.3 Å². The van der Waals surface area contributed by atoms with E-state index in [4.69, 9.17) is 0 Å². The third-order valence-electron chi connectivity index (χ3n) is 7.52. The fourth-order valence-electron chi connectivity index (χ4n) is 6.01. The van der Waals surface area contributed by atoms with Gasteiger partial charge in [-0.3, -0.25) is 14.4 Å². The maximum atomic E-state index is 13.8. The first-order chi connectivity index (χ1) is 17.4. The molecule has 0 saturated carbocycles. The van der Waals surface area contributed by atoms with Crippen molar-refractivity contribution in [2.75, 3.05) is 19.7 Å². The highest BCUT2D eigenvalue weighted by Crippen LogP contribution is 2.67. The van der Waals surface area contributed by atoms with Crippen molar-refractivity contribution in [3.05, 3.63) is 24.3 Å². The van der Waals surface area contributed by atoms with Crippen LogP contribution in [-0.2, 0) is 21.1 Å². The summed E-state index contributed by atoms with van der Waals surface area (Å²) in [6.07, 6.45) is 2.57. The molecule has 5 rings (SSSR count). The molecule has 4 heterocycles. The molecular weight excluding hydrogens is 548 g/mol. The van der Waals surface area contributed by atoms with Crippen molar-refractivity contribution in [1.82, 2.24) is 30.5 Å². The number of halogens is 1. The Bertz CT molecular complexity index is 1160. The molecule has 3 aliphatic rings. The van der Waals surface area contributed by atoms with Crippen LogP contribution in [0.2, 0.25) is 0 Å². The number of fused-ring (bicyclic) bond motifs is 2. The van der Waals surface area contributed by atoms with Gasteiger partial charge in [0.05, 0.1) is 22.1 Å². The van der Waals surface area contributed by atoms with Crippen molar-refractivity contribution in [1.29, 1.82) is 0 Å². The number of hydrogen-bond acceptors (Lipinski definition) is 7. The molecular formula is C24H31BrN6O4S. The van der Waals surface area contributed by atoms with Crippen LogP contribution in [0, 0.1) is 11.8 Å². The van der Waals surface area contributed by atoms with Gasteiger partial charge in [0.15, 0.2) is 0 Å². The Labute approximate surface area is 222 Å². The van der Waals surface area contributed by atoms with E-state index in [0.717, 1.165) is 17.5 Å². The molecule has 3 N–H and O–H groups in total. The van der Waals surface area contributed by atoms with Crippen LogP contribution in [0.5, 0.6) is 0 Å². The standard InChI is InChI=1S/C24H31BrN6O4S/c1-2-9-26-21(33)17-18-23(35)30(10-5-6-11-32)20(24(18)12-14(25)19(17)36-24)22(34)27-13-31-16-8-4-3-7-15(16)28-29-31/h3-4,7-8,14,17-20,32H,2,5-6,9-13H2,1H3,(H,26,33)(H,27,34)/t14?,17-,18+,19-,20?,24?/m1/s1. The first-order valence-electron chi connectivity index (χ1n) is 12.5. The highest BCUT2D eigenvalue weighted by atomic mass is 79.9. The summed E-state index contributed by atoms with van der Waals surface area (Å²) in [6, 6.07) is 6.81. The zero-order valence-corrected chi connectivity index (χ0v) is 22.5. The van der Waals surface area contributed by atoms with Gasteiger partial charge in [-0.1, -0.05) is 40.2 Å². The number of nitrogens with one attached hydrogen (secondary N) is 2. The second-order valence-corrected chi connectivity index (χ2v) is 12.4. The first-order valence-corrected chi connectivity index (χ1v) is 14.3. The molecule has 194 valence electrons. The molecule has 0 aliphatic carbocycles. The number of alkyl halides is 1. The third kappa shape index (κ3) is 4.10. The lowest BCUT2D eigenvalue weighted by molar-refractivity contribution is -0.140. The number of aliphatic hydroxyl groups is 1. The predicted molar refractivity (Wildman–Crippen MR) is 139 cm³/mol. The number of amides is 3. The highest BCUT2D eigenvalue weighted by molar-refractivity contribution is 9.09. The Hall–Kier alpha value is -2.18. The van der Waals surface area contributed by atoms with Crippen LogP contribution >= 0.6 is 27.7 Å². The van der Waals surface area contributed by atoms with E-state index in [9.17, 15) is 19.5 Å². The zero-order valence-electron chi connectivity index (χ0n) is 20.1. The van der Waals surface area contributed by atoms with Crippen LogP contribution < -0.4 is 10.6 Å². The van der Waals surface area contributed by atoms with Crippen LogP contribution in [0.25, 0.3) is 11.0 Å². The Morgan fingerprint density at radius 3 is 2.83 bits per heavy atom. The number of benzene rings is 1. The van der Waals surface area contributed by atoms with Gasteiger partial charge in [0.2, 0.25) is 17.7 Å². The number of carbonyl (C=O) groups excluding carboxylic acids is 3. The predicted octanol–water partition coefficient (Wildman–Crippen LogP) is 1.27. The molecule has 1 aromatic carbocycles. The lowest BCUT2D eigenvalue weighted by Crippen LogP contribution is -2.55. The van der Waals surface area contributed by atoms with Crippen LogP contribution in [0.1, 0.15) is 32.6 Å². The van der Waals surface area contributed by atoms with E-state index in [1.807, 2.05) is 31.2 Å². The van der Waals surface area contributed by atoms with E-state index in [2.05, 4.69) is 36.9 Å². The molecule has 0 radical (unpaired) electrons. The number of carbonyl (C=O) groups is 3. The molecule has 3 fully saturated rings. The number of unbranched alkanes of at least 4 members (excludes halogenated alkanes) is 1. The summed E-state index contributed by atoms with van der Waals surface area (Å²) in [7, 11) is 0. The SMILES string of the molecule is CCCNC(=O)[C@H]1[C@@H]2SC3(CC2Br)C(C(=O)NCn2nnc4ccccc42)N(CCCCO)C(=O)[C@H]13. The van der Waals surface area contributed by atoms with Gasteiger partial charge in [0, 0.05) is 29.8 Å². The second-order valence-electron chi connectivity index (χ2n) is 9.69. The Morgan fingerprint density at radius 2 is 2.06 bits per heavy atom. The number of hydrogen-bond donors (Lipinski definition) is 3. The number of aliphatic hydroxyl groups excluding tert-OH is 1. The topological polar surface area (TPSA) is 129 Å². The average Bonchev–Trinajstić information content (AvgIpc) is 3.59. The van der Waals surface area contributed by atoms with Gasteiger partial charge in [-0.25, -0.2) is 4.68 Å². The summed E-state index contributed by atoms with van der Waals surface area (Å²) in [5, 5.41) is 23.5. The van der Waals surface area contributed by atoms with Gasteiger partial charge in [-0.2, -0.15) is 0 Å². The molecule has 10 nitrogen and oxygen atoms in total. The Kier molecular flexibility index (Phi) is 7.28. The van der Waals surface area contributed by atoms with Crippen molar-refractivity contribution in [2.45, 2.75) is 60.1 Å². The lowest BCUT2D eigenvalue weighted by atomic mass is 9.70. The van der Waals surface area contributed by atoms with Gasteiger partial charge in [-0.15, -0.1) is 16.9 Å². The quantitative estimate of drug-likeness (QED) is 0.286. The molecule has 3 aliphatic heterocycles. The van der Waals surface area contributed by atoms with Gasteiger partial charge < -0.3 is 20.6 Å². The second kappa shape index (κ2) is 10.3. The monoisotopic (exact) mass is 578 g/mol. The number of rotatable bonds is 10. The number of likely N-dealkylation sites (tertiary alicyclic amines) is 1. The summed E-state index contributed by atoms with van der Waals surface area (Å²) in [4.78, 5) is 42.5. The van der Waals surface area contributed by atoms with Crippen molar-refractivity contribution in [3.63, 3.8) is 0 Å². The number of nitrogens with zero attached hydrogens (tertiary/aromatic N) is 4. The lowest BCUT2D eigenvalue weighted by Gasteiger charge is -2.35. The minimum atomic E-state index is -0.706. The highest BCUT2D eigenvalue weighted by Gasteiger charge is 2.75. The van der Waals surface area contributed by atoms with Crippen molar-refractivity contribution in [3.8, 4) is 0 Å².